The van der Waals surface area contributed by atoms with Crippen LogP contribution in [0.5, 0.6) is 0 Å². The van der Waals surface area contributed by atoms with Gasteiger partial charge in [0.1, 0.15) is 5.82 Å². The second-order valence-corrected chi connectivity index (χ2v) is 6.17. The Balaban J connectivity index is 2.16. The van der Waals surface area contributed by atoms with E-state index >= 15 is 0 Å². The van der Waals surface area contributed by atoms with Crippen molar-refractivity contribution in [2.24, 2.45) is 5.92 Å². The van der Waals surface area contributed by atoms with Gasteiger partial charge in [-0.3, -0.25) is 0 Å². The highest BCUT2D eigenvalue weighted by molar-refractivity contribution is 6.06. The number of aromatic nitrogens is 1. The second-order valence-electron chi connectivity index (χ2n) is 6.17. The molecule has 0 spiro atoms. The first-order valence-electron chi connectivity index (χ1n) is 8.00. The standard InChI is InChI=1S/C18H22FNO3/c1-11(13-6-8-23-9-7-13)20-12(2)17(18(21)22-3)15-5-4-14(19)10-16(15)20/h4-5,10-11,13H,6-9H2,1-3H3. The minimum absolute atomic E-state index is 0.168. The Morgan fingerprint density at radius 3 is 2.74 bits per heavy atom. The molecule has 0 amide bonds. The molecule has 1 aromatic heterocycles. The van der Waals surface area contributed by atoms with E-state index < -0.39 is 0 Å². The molecule has 1 aromatic carbocycles. The summed E-state index contributed by atoms with van der Waals surface area (Å²) in [5, 5.41) is 0.745. The molecular weight excluding hydrogens is 297 g/mol. The van der Waals surface area contributed by atoms with Crippen LogP contribution in [0.2, 0.25) is 0 Å². The first-order chi connectivity index (χ1) is 11.0. The van der Waals surface area contributed by atoms with Crippen LogP contribution in [0.4, 0.5) is 4.39 Å². The SMILES string of the molecule is COC(=O)c1c(C)n(C(C)C2CCOCC2)c2cc(F)ccc12. The van der Waals surface area contributed by atoms with Gasteiger partial charge in [-0.2, -0.15) is 0 Å². The Bertz CT molecular complexity index is 731. The summed E-state index contributed by atoms with van der Waals surface area (Å²) in [7, 11) is 1.37. The normalized spacial score (nSPS) is 17.4. The number of esters is 1. The molecule has 2 heterocycles. The number of halogens is 1. The van der Waals surface area contributed by atoms with Crippen LogP contribution in [0.1, 0.15) is 41.9 Å². The number of carbonyl (C=O) groups excluding carboxylic acids is 1. The molecule has 1 saturated heterocycles. The molecule has 0 radical (unpaired) electrons. The molecule has 3 rings (SSSR count). The molecule has 2 aromatic rings. The first-order valence-corrected chi connectivity index (χ1v) is 8.00. The van der Waals surface area contributed by atoms with E-state index in [0.29, 0.717) is 11.5 Å². The van der Waals surface area contributed by atoms with Crippen molar-refractivity contribution >= 4 is 16.9 Å². The molecule has 1 fully saturated rings. The summed E-state index contributed by atoms with van der Waals surface area (Å²) in [5.74, 6) is -0.226. The van der Waals surface area contributed by atoms with Gasteiger partial charge in [-0.15, -0.1) is 0 Å². The van der Waals surface area contributed by atoms with Crippen molar-refractivity contribution in [1.82, 2.24) is 4.57 Å². The highest BCUT2D eigenvalue weighted by Crippen LogP contribution is 2.35. The fourth-order valence-electron chi connectivity index (χ4n) is 3.71. The quantitative estimate of drug-likeness (QED) is 0.807. The lowest BCUT2D eigenvalue weighted by Gasteiger charge is -2.30. The maximum atomic E-state index is 13.8. The van der Waals surface area contributed by atoms with Crippen LogP contribution >= 0.6 is 0 Å². The molecule has 0 aliphatic carbocycles. The van der Waals surface area contributed by atoms with Gasteiger partial charge in [-0.1, -0.05) is 0 Å². The van der Waals surface area contributed by atoms with Gasteiger partial charge in [-0.25, -0.2) is 9.18 Å². The van der Waals surface area contributed by atoms with Crippen molar-refractivity contribution in [2.45, 2.75) is 32.7 Å². The zero-order chi connectivity index (χ0) is 16.6. The molecule has 1 atom stereocenters. The Morgan fingerprint density at radius 2 is 2.09 bits per heavy atom. The van der Waals surface area contributed by atoms with Crippen LogP contribution in [0.15, 0.2) is 18.2 Å². The van der Waals surface area contributed by atoms with E-state index in [4.69, 9.17) is 9.47 Å². The van der Waals surface area contributed by atoms with Crippen LogP contribution in [0.25, 0.3) is 10.9 Å². The number of ether oxygens (including phenoxy) is 2. The van der Waals surface area contributed by atoms with E-state index in [1.807, 2.05) is 6.92 Å². The molecule has 0 saturated carbocycles. The summed E-state index contributed by atoms with van der Waals surface area (Å²) in [6.07, 6.45) is 1.95. The van der Waals surface area contributed by atoms with E-state index in [1.165, 1.54) is 19.2 Å². The lowest BCUT2D eigenvalue weighted by molar-refractivity contribution is 0.0514. The minimum atomic E-state index is -0.378. The predicted molar refractivity (Wildman–Crippen MR) is 86.2 cm³/mol. The van der Waals surface area contributed by atoms with Crippen LogP contribution in [0.3, 0.4) is 0 Å². The molecule has 1 aliphatic heterocycles. The van der Waals surface area contributed by atoms with Gasteiger partial charge in [0.2, 0.25) is 0 Å². The average Bonchev–Trinajstić information content (AvgIpc) is 2.85. The largest absolute Gasteiger partial charge is 0.465 e. The highest BCUT2D eigenvalue weighted by atomic mass is 19.1. The maximum absolute atomic E-state index is 13.8. The van der Waals surface area contributed by atoms with Gasteiger partial charge in [0.25, 0.3) is 0 Å². The van der Waals surface area contributed by atoms with Gasteiger partial charge in [0.05, 0.1) is 18.2 Å². The smallest absolute Gasteiger partial charge is 0.340 e. The predicted octanol–water partition coefficient (Wildman–Crippen LogP) is 3.86. The zero-order valence-corrected chi connectivity index (χ0v) is 13.8. The fourth-order valence-corrected chi connectivity index (χ4v) is 3.71. The van der Waals surface area contributed by atoms with Gasteiger partial charge in [0, 0.05) is 30.3 Å². The molecule has 5 heteroatoms. The van der Waals surface area contributed by atoms with Crippen LogP contribution < -0.4 is 0 Å². The van der Waals surface area contributed by atoms with Gasteiger partial charge in [0.15, 0.2) is 0 Å². The summed E-state index contributed by atoms with van der Waals surface area (Å²) < 4.78 is 26.2. The number of methoxy groups -OCH3 is 1. The second kappa shape index (κ2) is 6.32. The number of carbonyl (C=O) groups is 1. The van der Waals surface area contributed by atoms with E-state index in [9.17, 15) is 9.18 Å². The third-order valence-corrected chi connectivity index (χ3v) is 4.96. The molecule has 4 nitrogen and oxygen atoms in total. The van der Waals surface area contributed by atoms with Gasteiger partial charge in [-0.05, 0) is 50.8 Å². The van der Waals surface area contributed by atoms with Crippen molar-refractivity contribution in [3.8, 4) is 0 Å². The third-order valence-electron chi connectivity index (χ3n) is 4.96. The van der Waals surface area contributed by atoms with Crippen molar-refractivity contribution < 1.29 is 18.7 Å². The number of nitrogens with zero attached hydrogens (tertiary/aromatic N) is 1. The van der Waals surface area contributed by atoms with E-state index in [1.54, 1.807) is 6.07 Å². The van der Waals surface area contributed by atoms with Gasteiger partial charge >= 0.3 is 5.97 Å². The van der Waals surface area contributed by atoms with Crippen LogP contribution in [-0.2, 0) is 9.47 Å². The number of benzene rings is 1. The molecule has 0 bridgehead atoms. The van der Waals surface area contributed by atoms with Crippen molar-refractivity contribution in [1.29, 1.82) is 0 Å². The zero-order valence-electron chi connectivity index (χ0n) is 13.8. The summed E-state index contributed by atoms with van der Waals surface area (Å²) in [5.41, 5.74) is 2.11. The molecular formula is C18H22FNO3. The van der Waals surface area contributed by atoms with E-state index in [2.05, 4.69) is 11.5 Å². The molecule has 1 aliphatic rings. The first kappa shape index (κ1) is 16.0. The van der Waals surface area contributed by atoms with E-state index in [-0.39, 0.29) is 17.8 Å². The van der Waals surface area contributed by atoms with Gasteiger partial charge < -0.3 is 14.0 Å². The van der Waals surface area contributed by atoms with Crippen LogP contribution in [-0.4, -0.2) is 30.9 Å². The topological polar surface area (TPSA) is 40.5 Å². The Kier molecular flexibility index (Phi) is 4.39. The number of fused-ring (bicyclic) bond motifs is 1. The summed E-state index contributed by atoms with van der Waals surface area (Å²) >= 11 is 0. The summed E-state index contributed by atoms with van der Waals surface area (Å²) in [4.78, 5) is 12.2. The molecule has 1 unspecified atom stereocenters. The fraction of sp³-hybridized carbons (Fsp3) is 0.500. The minimum Gasteiger partial charge on any atom is -0.465 e. The number of rotatable bonds is 3. The lowest BCUT2D eigenvalue weighted by Crippen LogP contribution is -2.24. The number of hydrogen-bond donors (Lipinski definition) is 0. The highest BCUT2D eigenvalue weighted by Gasteiger charge is 2.28. The summed E-state index contributed by atoms with van der Waals surface area (Å²) in [6, 6.07) is 4.72. The monoisotopic (exact) mass is 319 g/mol. The third kappa shape index (κ3) is 2.74. The van der Waals surface area contributed by atoms with Crippen molar-refractivity contribution in [3.63, 3.8) is 0 Å². The maximum Gasteiger partial charge on any atom is 0.340 e. The Morgan fingerprint density at radius 1 is 1.39 bits per heavy atom. The Labute approximate surface area is 135 Å². The average molecular weight is 319 g/mol. The lowest BCUT2D eigenvalue weighted by atomic mass is 9.92. The molecule has 0 N–H and O–H groups in total. The van der Waals surface area contributed by atoms with Crippen molar-refractivity contribution in [2.75, 3.05) is 20.3 Å². The number of hydrogen-bond acceptors (Lipinski definition) is 3. The summed E-state index contributed by atoms with van der Waals surface area (Å²) in [6.45, 7) is 5.55. The molecule has 124 valence electrons. The van der Waals surface area contributed by atoms with E-state index in [0.717, 1.165) is 42.7 Å². The van der Waals surface area contributed by atoms with Crippen LogP contribution in [0, 0.1) is 18.7 Å². The molecule has 23 heavy (non-hydrogen) atoms. The Hall–Kier alpha value is -1.88. The van der Waals surface area contributed by atoms with Crippen molar-refractivity contribution in [3.05, 3.63) is 35.3 Å².